The van der Waals surface area contributed by atoms with Gasteiger partial charge in [-0.15, -0.1) is 11.3 Å². The van der Waals surface area contributed by atoms with Gasteiger partial charge in [0.2, 0.25) is 5.88 Å². The van der Waals surface area contributed by atoms with Crippen molar-refractivity contribution in [3.63, 3.8) is 0 Å². The molecule has 0 saturated heterocycles. The maximum atomic E-state index is 5.31. The number of rotatable bonds is 5. The predicted octanol–water partition coefficient (Wildman–Crippen LogP) is 1.37. The van der Waals surface area contributed by atoms with Gasteiger partial charge in [-0.05, 0) is 6.92 Å². The monoisotopic (exact) mass is 278 g/mol. The third-order valence-electron chi connectivity index (χ3n) is 2.94. The number of aromatic nitrogens is 5. The van der Waals surface area contributed by atoms with Crippen LogP contribution in [0.3, 0.4) is 0 Å². The summed E-state index contributed by atoms with van der Waals surface area (Å²) in [5.41, 5.74) is 1.00. The molecule has 0 aliphatic carbocycles. The topological polar surface area (TPSA) is 80.1 Å². The van der Waals surface area contributed by atoms with Crippen LogP contribution < -0.4 is 10.1 Å². The number of hydrogen-bond acceptors (Lipinski definition) is 6. The van der Waals surface area contributed by atoms with Crippen LogP contribution in [0.15, 0.2) is 17.9 Å². The minimum absolute atomic E-state index is 0.0800. The highest BCUT2D eigenvalue weighted by Gasteiger charge is 2.15. The highest BCUT2D eigenvalue weighted by molar-refractivity contribution is 7.15. The number of aromatic amines is 1. The summed E-state index contributed by atoms with van der Waals surface area (Å²) in [6.45, 7) is 2.67. The van der Waals surface area contributed by atoms with E-state index in [2.05, 4.69) is 25.5 Å². The van der Waals surface area contributed by atoms with Crippen LogP contribution in [-0.4, -0.2) is 31.7 Å². The van der Waals surface area contributed by atoms with Gasteiger partial charge in [0, 0.05) is 18.1 Å². The molecule has 0 aromatic carbocycles. The average molecular weight is 278 g/mol. The van der Waals surface area contributed by atoms with Crippen LogP contribution in [-0.2, 0) is 6.54 Å². The van der Waals surface area contributed by atoms with Crippen molar-refractivity contribution in [2.24, 2.45) is 0 Å². The Labute approximate surface area is 113 Å². The van der Waals surface area contributed by atoms with E-state index in [0.29, 0.717) is 12.4 Å². The molecule has 1 unspecified atom stereocenters. The summed E-state index contributed by atoms with van der Waals surface area (Å²) in [7, 11) is 1.63. The summed E-state index contributed by atoms with van der Waals surface area (Å²) in [5, 5.41) is 12.1. The molecule has 100 valence electrons. The van der Waals surface area contributed by atoms with Crippen LogP contribution in [0, 0.1) is 0 Å². The molecule has 3 aromatic heterocycles. The second kappa shape index (κ2) is 4.98. The molecule has 0 bridgehead atoms. The lowest BCUT2D eigenvalue weighted by Gasteiger charge is -2.11. The minimum Gasteiger partial charge on any atom is -0.480 e. The van der Waals surface area contributed by atoms with Crippen molar-refractivity contribution in [1.82, 2.24) is 29.9 Å². The molecule has 7 nitrogen and oxygen atoms in total. The summed E-state index contributed by atoms with van der Waals surface area (Å²) >= 11 is 1.59. The zero-order valence-electron chi connectivity index (χ0n) is 10.6. The van der Waals surface area contributed by atoms with E-state index < -0.39 is 0 Å². The Morgan fingerprint density at radius 3 is 3.21 bits per heavy atom. The van der Waals surface area contributed by atoms with Gasteiger partial charge in [-0.1, -0.05) is 0 Å². The second-order valence-corrected chi connectivity index (χ2v) is 4.97. The van der Waals surface area contributed by atoms with Gasteiger partial charge in [-0.3, -0.25) is 9.50 Å². The maximum absolute atomic E-state index is 5.31. The number of H-pyrrole nitrogens is 1. The Morgan fingerprint density at radius 1 is 1.58 bits per heavy atom. The molecule has 0 aliphatic heterocycles. The zero-order chi connectivity index (χ0) is 13.2. The lowest BCUT2D eigenvalue weighted by molar-refractivity contribution is 0.390. The van der Waals surface area contributed by atoms with E-state index in [1.165, 1.54) is 6.33 Å². The Balaban J connectivity index is 1.79. The first-order valence-electron chi connectivity index (χ1n) is 5.86. The number of fused-ring (bicyclic) bond motifs is 1. The second-order valence-electron chi connectivity index (χ2n) is 4.10. The molecule has 0 amide bonds. The normalized spacial score (nSPS) is 12.9. The van der Waals surface area contributed by atoms with Crippen molar-refractivity contribution in [1.29, 1.82) is 0 Å². The van der Waals surface area contributed by atoms with E-state index in [1.807, 2.05) is 22.9 Å². The smallest absolute Gasteiger partial charge is 0.237 e. The van der Waals surface area contributed by atoms with Crippen LogP contribution in [0.2, 0.25) is 0 Å². The fourth-order valence-corrected chi connectivity index (χ4v) is 2.63. The molecule has 0 aliphatic rings. The fourth-order valence-electron chi connectivity index (χ4n) is 1.91. The quantitative estimate of drug-likeness (QED) is 0.737. The first-order chi connectivity index (χ1) is 9.29. The molecule has 19 heavy (non-hydrogen) atoms. The molecule has 2 N–H and O–H groups in total. The van der Waals surface area contributed by atoms with Crippen LogP contribution in [0.5, 0.6) is 5.88 Å². The number of methoxy groups -OCH3 is 1. The number of imidazole rings is 1. The molecule has 3 heterocycles. The minimum atomic E-state index is 0.0800. The van der Waals surface area contributed by atoms with Gasteiger partial charge < -0.3 is 10.1 Å². The third kappa shape index (κ3) is 2.20. The molecule has 0 spiro atoms. The number of ether oxygens (including phenoxy) is 1. The van der Waals surface area contributed by atoms with E-state index in [9.17, 15) is 0 Å². The van der Waals surface area contributed by atoms with E-state index >= 15 is 0 Å². The van der Waals surface area contributed by atoms with Gasteiger partial charge in [-0.25, -0.2) is 4.98 Å². The Bertz CT molecular complexity index is 658. The van der Waals surface area contributed by atoms with Crippen LogP contribution >= 0.6 is 11.3 Å². The number of nitrogens with one attached hydrogen (secondary N) is 2. The summed E-state index contributed by atoms with van der Waals surface area (Å²) in [5.74, 6) is 1.47. The van der Waals surface area contributed by atoms with Gasteiger partial charge in [-0.2, -0.15) is 10.1 Å². The SMILES string of the molecule is COc1nc2sccn2c1CNC(C)c1ncn[nH]1. The van der Waals surface area contributed by atoms with Crippen molar-refractivity contribution in [3.8, 4) is 5.88 Å². The van der Waals surface area contributed by atoms with Gasteiger partial charge in [0.25, 0.3) is 0 Å². The Morgan fingerprint density at radius 2 is 2.47 bits per heavy atom. The van der Waals surface area contributed by atoms with Gasteiger partial charge in [0.15, 0.2) is 4.96 Å². The number of hydrogen-bond donors (Lipinski definition) is 2. The van der Waals surface area contributed by atoms with E-state index in [0.717, 1.165) is 16.5 Å². The molecule has 3 rings (SSSR count). The highest BCUT2D eigenvalue weighted by atomic mass is 32.1. The molecular formula is C11H14N6OS. The van der Waals surface area contributed by atoms with Gasteiger partial charge >= 0.3 is 0 Å². The van der Waals surface area contributed by atoms with Gasteiger partial charge in [0.1, 0.15) is 17.8 Å². The van der Waals surface area contributed by atoms with Crippen molar-refractivity contribution in [3.05, 3.63) is 29.4 Å². The summed E-state index contributed by atoms with van der Waals surface area (Å²) in [6, 6.07) is 0.0800. The lowest BCUT2D eigenvalue weighted by atomic mass is 10.3. The fraction of sp³-hybridized carbons (Fsp3) is 0.364. The van der Waals surface area contributed by atoms with E-state index in [1.54, 1.807) is 18.4 Å². The highest BCUT2D eigenvalue weighted by Crippen LogP contribution is 2.23. The molecule has 3 aromatic rings. The first kappa shape index (κ1) is 12.1. The zero-order valence-corrected chi connectivity index (χ0v) is 11.4. The van der Waals surface area contributed by atoms with Crippen molar-refractivity contribution >= 4 is 16.3 Å². The van der Waals surface area contributed by atoms with Gasteiger partial charge in [0.05, 0.1) is 13.2 Å². The molecule has 8 heteroatoms. The molecule has 0 radical (unpaired) electrons. The average Bonchev–Trinajstić information content (AvgIpc) is 3.12. The third-order valence-corrected chi connectivity index (χ3v) is 3.69. The molecular weight excluding hydrogens is 264 g/mol. The largest absolute Gasteiger partial charge is 0.480 e. The molecule has 0 saturated carbocycles. The summed E-state index contributed by atoms with van der Waals surface area (Å²) in [6.07, 6.45) is 3.50. The Hall–Kier alpha value is -1.93. The van der Waals surface area contributed by atoms with Crippen LogP contribution in [0.25, 0.3) is 4.96 Å². The summed E-state index contributed by atoms with van der Waals surface area (Å²) in [4.78, 5) is 9.48. The Kier molecular flexibility index (Phi) is 3.18. The predicted molar refractivity (Wildman–Crippen MR) is 71.3 cm³/mol. The maximum Gasteiger partial charge on any atom is 0.237 e. The van der Waals surface area contributed by atoms with Crippen molar-refractivity contribution in [2.75, 3.05) is 7.11 Å². The van der Waals surface area contributed by atoms with Crippen molar-refractivity contribution < 1.29 is 4.74 Å². The molecule has 0 fully saturated rings. The lowest BCUT2D eigenvalue weighted by Crippen LogP contribution is -2.20. The number of nitrogens with zero attached hydrogens (tertiary/aromatic N) is 4. The van der Waals surface area contributed by atoms with E-state index in [-0.39, 0.29) is 6.04 Å². The number of thiazole rings is 1. The summed E-state index contributed by atoms with van der Waals surface area (Å²) < 4.78 is 7.34. The van der Waals surface area contributed by atoms with Crippen LogP contribution in [0.1, 0.15) is 24.5 Å². The first-order valence-corrected chi connectivity index (χ1v) is 6.74. The standard InChI is InChI=1S/C11H14N6OS/c1-7(9-13-6-14-16-9)12-5-8-10(18-2)15-11-17(8)3-4-19-11/h3-4,6-7,12H,5H2,1-2H3,(H,13,14,16). The van der Waals surface area contributed by atoms with E-state index in [4.69, 9.17) is 4.74 Å². The van der Waals surface area contributed by atoms with Crippen LogP contribution in [0.4, 0.5) is 0 Å². The van der Waals surface area contributed by atoms with Crippen molar-refractivity contribution in [2.45, 2.75) is 19.5 Å². The molecule has 1 atom stereocenters.